The van der Waals surface area contributed by atoms with Crippen LogP contribution in [0.5, 0.6) is 0 Å². The number of hydrogen-bond donors (Lipinski definition) is 2. The summed E-state index contributed by atoms with van der Waals surface area (Å²) in [6, 6.07) is 10.3. The molecule has 2 aromatic heterocycles. The normalized spacial score (nSPS) is 11.2. The molecule has 0 unspecified atom stereocenters. The number of ether oxygens (including phenoxy) is 1. The highest BCUT2D eigenvalue weighted by Gasteiger charge is 2.05. The minimum Gasteiger partial charge on any atom is -0.383 e. The lowest BCUT2D eigenvalue weighted by atomic mass is 10.1. The molecule has 0 aliphatic carbocycles. The number of methoxy groups -OCH3 is 1. The lowest BCUT2D eigenvalue weighted by Gasteiger charge is -2.12. The summed E-state index contributed by atoms with van der Waals surface area (Å²) in [6.07, 6.45) is 4.59. The highest BCUT2D eigenvalue weighted by atomic mass is 127. The van der Waals surface area contributed by atoms with Crippen molar-refractivity contribution in [3.8, 4) is 5.69 Å². The standard InChI is InChI=1S/C20H28N8O.HI/c1-16-25-26-19(27(16)2)15-23-20(22-12-14-29-3)21-11-9-17-5-7-18(8-6-17)28-13-4-10-24-28;/h4-8,10,13H,9,11-12,14-15H2,1-3H3,(H2,21,22,23);1H. The molecule has 3 rings (SSSR count). The van der Waals surface area contributed by atoms with Gasteiger partial charge in [0.25, 0.3) is 0 Å². The van der Waals surface area contributed by atoms with Gasteiger partial charge in [-0.3, -0.25) is 0 Å². The topological polar surface area (TPSA) is 94.2 Å². The SMILES string of the molecule is COCCNC(=NCc1nnc(C)n1C)NCCc1ccc(-n2cccn2)cc1.I. The Morgan fingerprint density at radius 3 is 2.53 bits per heavy atom. The second-order valence-electron chi connectivity index (χ2n) is 6.60. The van der Waals surface area contributed by atoms with Gasteiger partial charge >= 0.3 is 0 Å². The fraction of sp³-hybridized carbons (Fsp3) is 0.400. The monoisotopic (exact) mass is 524 g/mol. The molecule has 1 aromatic carbocycles. The predicted molar refractivity (Wildman–Crippen MR) is 127 cm³/mol. The molecule has 0 saturated heterocycles. The van der Waals surface area contributed by atoms with E-state index in [0.717, 1.165) is 36.3 Å². The van der Waals surface area contributed by atoms with E-state index in [1.165, 1.54) is 5.56 Å². The number of nitrogens with one attached hydrogen (secondary N) is 2. The Bertz CT molecular complexity index is 906. The number of aromatic nitrogens is 5. The number of rotatable bonds is 9. The predicted octanol–water partition coefficient (Wildman–Crippen LogP) is 1.85. The molecular formula is C20H29IN8O. The summed E-state index contributed by atoms with van der Waals surface area (Å²) in [5.41, 5.74) is 2.29. The second kappa shape index (κ2) is 12.3. The van der Waals surface area contributed by atoms with Crippen molar-refractivity contribution in [3.63, 3.8) is 0 Å². The molecule has 0 saturated carbocycles. The number of hydrogen-bond acceptors (Lipinski definition) is 5. The molecule has 2 N–H and O–H groups in total. The van der Waals surface area contributed by atoms with Crippen molar-refractivity contribution < 1.29 is 4.74 Å². The molecule has 3 aromatic rings. The summed E-state index contributed by atoms with van der Waals surface area (Å²) < 4.78 is 8.90. The van der Waals surface area contributed by atoms with Crippen LogP contribution in [0.15, 0.2) is 47.7 Å². The van der Waals surface area contributed by atoms with Gasteiger partial charge in [-0.15, -0.1) is 34.2 Å². The molecule has 0 bridgehead atoms. The van der Waals surface area contributed by atoms with Gasteiger partial charge < -0.3 is 19.9 Å². The van der Waals surface area contributed by atoms with Crippen LogP contribution in [0, 0.1) is 6.92 Å². The van der Waals surface area contributed by atoms with Gasteiger partial charge in [-0.1, -0.05) is 12.1 Å². The van der Waals surface area contributed by atoms with Gasteiger partial charge in [0.2, 0.25) is 0 Å². The van der Waals surface area contributed by atoms with Crippen molar-refractivity contribution >= 4 is 29.9 Å². The minimum absolute atomic E-state index is 0. The van der Waals surface area contributed by atoms with E-state index < -0.39 is 0 Å². The van der Waals surface area contributed by atoms with Crippen LogP contribution in [0.1, 0.15) is 17.2 Å². The summed E-state index contributed by atoms with van der Waals surface area (Å²) in [7, 11) is 3.62. The zero-order valence-electron chi connectivity index (χ0n) is 17.6. The largest absolute Gasteiger partial charge is 0.383 e. The third-order valence-electron chi connectivity index (χ3n) is 4.57. The first-order chi connectivity index (χ1) is 14.2. The van der Waals surface area contributed by atoms with Crippen molar-refractivity contribution in [1.29, 1.82) is 0 Å². The van der Waals surface area contributed by atoms with Gasteiger partial charge in [0.1, 0.15) is 12.4 Å². The van der Waals surface area contributed by atoms with E-state index in [9.17, 15) is 0 Å². The van der Waals surface area contributed by atoms with Crippen LogP contribution in [-0.4, -0.2) is 57.3 Å². The lowest BCUT2D eigenvalue weighted by molar-refractivity contribution is 0.203. The molecule has 0 aliphatic rings. The van der Waals surface area contributed by atoms with Crippen LogP contribution < -0.4 is 10.6 Å². The van der Waals surface area contributed by atoms with Crippen molar-refractivity contribution in [2.24, 2.45) is 12.0 Å². The Morgan fingerprint density at radius 2 is 1.90 bits per heavy atom. The Morgan fingerprint density at radius 1 is 1.13 bits per heavy atom. The minimum atomic E-state index is 0. The van der Waals surface area contributed by atoms with Crippen molar-refractivity contribution in [1.82, 2.24) is 35.2 Å². The van der Waals surface area contributed by atoms with Crippen molar-refractivity contribution in [2.75, 3.05) is 26.8 Å². The first kappa shape index (κ1) is 23.8. The van der Waals surface area contributed by atoms with Crippen LogP contribution in [0.2, 0.25) is 0 Å². The Labute approximate surface area is 194 Å². The van der Waals surface area contributed by atoms with E-state index in [2.05, 4.69) is 55.2 Å². The van der Waals surface area contributed by atoms with Gasteiger partial charge in [0.05, 0.1) is 12.3 Å². The van der Waals surface area contributed by atoms with Crippen LogP contribution in [-0.2, 0) is 24.8 Å². The zero-order chi connectivity index (χ0) is 20.5. The van der Waals surface area contributed by atoms with Gasteiger partial charge in [-0.25, -0.2) is 9.67 Å². The highest BCUT2D eigenvalue weighted by molar-refractivity contribution is 14.0. The van der Waals surface area contributed by atoms with Gasteiger partial charge in [-0.2, -0.15) is 5.10 Å². The third kappa shape index (κ3) is 6.80. The number of nitrogens with zero attached hydrogens (tertiary/aromatic N) is 6. The Balaban J connectivity index is 0.00000320. The van der Waals surface area contributed by atoms with Gasteiger partial charge in [0, 0.05) is 39.6 Å². The zero-order valence-corrected chi connectivity index (χ0v) is 19.9. The summed E-state index contributed by atoms with van der Waals surface area (Å²) in [6.45, 7) is 4.43. The molecule has 0 aliphatic heterocycles. The molecule has 0 fully saturated rings. The van der Waals surface area contributed by atoms with Gasteiger partial charge in [0.15, 0.2) is 11.8 Å². The quantitative estimate of drug-likeness (QED) is 0.192. The summed E-state index contributed by atoms with van der Waals surface area (Å²) in [5.74, 6) is 2.43. The number of guanidine groups is 1. The fourth-order valence-electron chi connectivity index (χ4n) is 2.75. The van der Waals surface area contributed by atoms with Crippen LogP contribution in [0.4, 0.5) is 0 Å². The van der Waals surface area contributed by atoms with Crippen LogP contribution >= 0.6 is 24.0 Å². The number of halogens is 1. The van der Waals surface area contributed by atoms with E-state index in [1.807, 2.05) is 35.5 Å². The molecule has 0 amide bonds. The first-order valence-corrected chi connectivity index (χ1v) is 9.62. The molecule has 0 spiro atoms. The van der Waals surface area contributed by atoms with E-state index in [0.29, 0.717) is 19.7 Å². The van der Waals surface area contributed by atoms with E-state index in [-0.39, 0.29) is 24.0 Å². The smallest absolute Gasteiger partial charge is 0.191 e. The molecule has 0 radical (unpaired) electrons. The Kier molecular flexibility index (Phi) is 9.74. The Hall–Kier alpha value is -2.47. The maximum Gasteiger partial charge on any atom is 0.191 e. The van der Waals surface area contributed by atoms with E-state index in [1.54, 1.807) is 13.3 Å². The molecule has 10 heteroatoms. The number of aryl methyl sites for hydroxylation is 1. The molecule has 162 valence electrons. The number of aliphatic imine (C=N–C) groups is 1. The van der Waals surface area contributed by atoms with E-state index in [4.69, 9.17) is 4.74 Å². The third-order valence-corrected chi connectivity index (χ3v) is 4.57. The number of benzene rings is 1. The molecular weight excluding hydrogens is 495 g/mol. The molecule has 30 heavy (non-hydrogen) atoms. The average Bonchev–Trinajstić information content (AvgIpc) is 3.38. The fourth-order valence-corrected chi connectivity index (χ4v) is 2.75. The van der Waals surface area contributed by atoms with Crippen molar-refractivity contribution in [2.45, 2.75) is 19.9 Å². The van der Waals surface area contributed by atoms with E-state index >= 15 is 0 Å². The molecule has 9 nitrogen and oxygen atoms in total. The van der Waals surface area contributed by atoms with Gasteiger partial charge in [-0.05, 0) is 37.1 Å². The summed E-state index contributed by atoms with van der Waals surface area (Å²) in [4.78, 5) is 4.62. The summed E-state index contributed by atoms with van der Waals surface area (Å²) in [5, 5.41) is 19.1. The molecule has 2 heterocycles. The van der Waals surface area contributed by atoms with Crippen LogP contribution in [0.3, 0.4) is 0 Å². The summed E-state index contributed by atoms with van der Waals surface area (Å²) >= 11 is 0. The maximum absolute atomic E-state index is 5.11. The lowest BCUT2D eigenvalue weighted by Crippen LogP contribution is -2.40. The first-order valence-electron chi connectivity index (χ1n) is 9.62. The second-order valence-corrected chi connectivity index (χ2v) is 6.60. The maximum atomic E-state index is 5.11. The van der Waals surface area contributed by atoms with Crippen molar-refractivity contribution in [3.05, 3.63) is 59.9 Å². The highest BCUT2D eigenvalue weighted by Crippen LogP contribution is 2.08. The molecule has 0 atom stereocenters. The average molecular weight is 524 g/mol. The van der Waals surface area contributed by atoms with Crippen LogP contribution in [0.25, 0.3) is 5.69 Å².